The number of Topliss-reactive ketones (excluding diaryl/α,β-unsaturated/α-hetero) is 1. The van der Waals surface area contributed by atoms with Crippen molar-refractivity contribution >= 4 is 23.4 Å². The van der Waals surface area contributed by atoms with E-state index in [9.17, 15) is 29.7 Å². The summed E-state index contributed by atoms with van der Waals surface area (Å²) in [7, 11) is 0. The number of nitrogens with zero attached hydrogens (tertiary/aromatic N) is 1. The van der Waals surface area contributed by atoms with Crippen molar-refractivity contribution in [2.75, 3.05) is 13.2 Å². The van der Waals surface area contributed by atoms with Gasteiger partial charge in [0.15, 0.2) is 12.4 Å². The van der Waals surface area contributed by atoms with Crippen LogP contribution in [0.5, 0.6) is 0 Å². The highest BCUT2D eigenvalue weighted by Crippen LogP contribution is 2.67. The molecular formula is C31H40N2O8. The zero-order chi connectivity index (χ0) is 29.6. The lowest BCUT2D eigenvalue weighted by Crippen LogP contribution is -2.62. The molecule has 5 rings (SSSR count). The monoisotopic (exact) mass is 568 g/mol. The van der Waals surface area contributed by atoms with Crippen molar-refractivity contribution in [2.45, 2.75) is 77.0 Å². The van der Waals surface area contributed by atoms with Crippen molar-refractivity contribution in [2.24, 2.45) is 33.7 Å². The van der Waals surface area contributed by atoms with Crippen molar-refractivity contribution in [1.29, 1.82) is 0 Å². The van der Waals surface area contributed by atoms with E-state index < -0.39 is 35.5 Å². The number of carbonyl (C=O) groups excluding carboxylic acids is 2. The molecule has 10 nitrogen and oxygen atoms in total. The second kappa shape index (κ2) is 11.0. The number of allylic oxidation sites excluding steroid dienone is 2. The molecule has 3 fully saturated rings. The lowest BCUT2D eigenvalue weighted by Gasteiger charge is -2.60. The smallest absolute Gasteiger partial charge is 0.335 e. The lowest BCUT2D eigenvalue weighted by atomic mass is 9.45. The highest BCUT2D eigenvalue weighted by Gasteiger charge is 2.68. The van der Waals surface area contributed by atoms with Gasteiger partial charge in [0, 0.05) is 12.0 Å². The number of carboxylic acid groups (broad SMARTS) is 1. The Balaban J connectivity index is 1.21. The van der Waals surface area contributed by atoms with Crippen LogP contribution in [-0.4, -0.2) is 68.7 Å². The molecule has 1 aromatic rings. The summed E-state index contributed by atoms with van der Waals surface area (Å²) in [5, 5.41) is 48.4. The Morgan fingerprint density at radius 2 is 1.83 bits per heavy atom. The van der Waals surface area contributed by atoms with Crippen molar-refractivity contribution in [3.8, 4) is 0 Å². The normalized spacial score (nSPS) is 36.9. The Morgan fingerprint density at radius 3 is 2.51 bits per heavy atom. The van der Waals surface area contributed by atoms with Crippen LogP contribution in [0.15, 0.2) is 41.1 Å². The highest BCUT2D eigenvalue weighted by molar-refractivity contribution is 5.96. The van der Waals surface area contributed by atoms with Crippen LogP contribution >= 0.6 is 0 Å². The second-order valence-electron chi connectivity index (χ2n) is 12.7. The molecule has 7 atom stereocenters. The number of aliphatic hydroxyl groups excluding tert-OH is 2. The maximum absolute atomic E-state index is 12.6. The van der Waals surface area contributed by atoms with Gasteiger partial charge in [-0.3, -0.25) is 9.59 Å². The fourth-order valence-electron chi connectivity index (χ4n) is 8.56. The minimum atomic E-state index is -1.60. The molecule has 1 aromatic carbocycles. The molecule has 5 N–H and O–H groups in total. The number of aromatic carboxylic acids is 1. The molecule has 222 valence electrons. The first-order valence-electron chi connectivity index (χ1n) is 14.5. The van der Waals surface area contributed by atoms with Crippen LogP contribution < -0.4 is 5.32 Å². The van der Waals surface area contributed by atoms with Crippen molar-refractivity contribution < 1.29 is 39.6 Å². The van der Waals surface area contributed by atoms with Gasteiger partial charge in [0.05, 0.1) is 17.4 Å². The average Bonchev–Trinajstić information content (AvgIpc) is 3.22. The molecule has 10 heteroatoms. The number of amides is 1. The number of hydrogen-bond acceptors (Lipinski definition) is 8. The number of aliphatic hydroxyl groups is 3. The highest BCUT2D eigenvalue weighted by atomic mass is 16.6. The molecule has 41 heavy (non-hydrogen) atoms. The molecule has 4 aliphatic rings. The van der Waals surface area contributed by atoms with Gasteiger partial charge in [-0.25, -0.2) is 4.79 Å². The Kier molecular flexibility index (Phi) is 7.86. The summed E-state index contributed by atoms with van der Waals surface area (Å²) in [6.45, 7) is 3.44. The molecule has 0 spiro atoms. The third-order valence-electron chi connectivity index (χ3n) is 10.7. The standard InChI is InChI=1S/C31H40N2O8/c1-29-11-9-21(33-41-17-26(37)32-15-18-3-5-19(6-4-18)28(38)39)13-20(29)7-8-22-23-10-12-31(40,25(36)16-34)30(23,2)14-24(35)27(22)29/h3-6,13,22-24,27,34-35,40H,7-12,14-17H2,1-2H3,(H,32,37)(H,38,39)/b33-21+/t22-,23-,24+,27+,29-,30-,31-/m0/s1. The van der Waals surface area contributed by atoms with E-state index in [2.05, 4.69) is 17.4 Å². The molecule has 0 aromatic heterocycles. The Morgan fingerprint density at radius 1 is 1.10 bits per heavy atom. The van der Waals surface area contributed by atoms with Crippen LogP contribution in [0, 0.1) is 28.6 Å². The first kappa shape index (κ1) is 29.4. The van der Waals surface area contributed by atoms with Gasteiger partial charge < -0.3 is 30.6 Å². The van der Waals surface area contributed by atoms with E-state index in [1.165, 1.54) is 17.7 Å². The van der Waals surface area contributed by atoms with E-state index in [0.717, 1.165) is 30.5 Å². The molecule has 0 radical (unpaired) electrons. The van der Waals surface area contributed by atoms with Gasteiger partial charge in [-0.05, 0) is 91.9 Å². The summed E-state index contributed by atoms with van der Waals surface area (Å²) in [4.78, 5) is 41.2. The minimum absolute atomic E-state index is 0.00460. The molecule has 0 heterocycles. The Labute approximate surface area is 239 Å². The molecule has 0 saturated heterocycles. The largest absolute Gasteiger partial charge is 0.478 e. The summed E-state index contributed by atoms with van der Waals surface area (Å²) < 4.78 is 0. The van der Waals surface area contributed by atoms with Gasteiger partial charge in [0.25, 0.3) is 5.91 Å². The van der Waals surface area contributed by atoms with Gasteiger partial charge in [-0.15, -0.1) is 0 Å². The van der Waals surface area contributed by atoms with Crippen LogP contribution in [0.25, 0.3) is 0 Å². The zero-order valence-corrected chi connectivity index (χ0v) is 23.6. The second-order valence-corrected chi connectivity index (χ2v) is 12.7. The van der Waals surface area contributed by atoms with Gasteiger partial charge in [-0.2, -0.15) is 0 Å². The maximum Gasteiger partial charge on any atom is 0.335 e. The first-order chi connectivity index (χ1) is 19.4. The first-order valence-corrected chi connectivity index (χ1v) is 14.5. The summed E-state index contributed by atoms with van der Waals surface area (Å²) in [5.41, 5.74) is 0.323. The average molecular weight is 569 g/mol. The van der Waals surface area contributed by atoms with Crippen LogP contribution in [0.4, 0.5) is 0 Å². The number of oxime groups is 1. The molecule has 4 aliphatic carbocycles. The topological polar surface area (TPSA) is 166 Å². The van der Waals surface area contributed by atoms with Crippen molar-refractivity contribution in [1.82, 2.24) is 5.32 Å². The fourth-order valence-corrected chi connectivity index (χ4v) is 8.56. The number of benzene rings is 1. The third-order valence-corrected chi connectivity index (χ3v) is 10.7. The Hall–Kier alpha value is -3.08. The van der Waals surface area contributed by atoms with E-state index in [4.69, 9.17) is 9.94 Å². The molecule has 3 saturated carbocycles. The predicted octanol–water partition coefficient (Wildman–Crippen LogP) is 2.60. The summed E-state index contributed by atoms with van der Waals surface area (Å²) in [6, 6.07) is 6.27. The van der Waals surface area contributed by atoms with E-state index in [1.54, 1.807) is 12.1 Å². The van der Waals surface area contributed by atoms with Crippen LogP contribution in [0.1, 0.15) is 74.7 Å². The predicted molar refractivity (Wildman–Crippen MR) is 149 cm³/mol. The molecule has 0 bridgehead atoms. The zero-order valence-electron chi connectivity index (χ0n) is 23.6. The number of carboxylic acids is 1. The number of nitrogens with one attached hydrogen (secondary N) is 1. The minimum Gasteiger partial charge on any atom is -0.478 e. The van der Waals surface area contributed by atoms with E-state index >= 15 is 0 Å². The van der Waals surface area contributed by atoms with Crippen LogP contribution in [0.2, 0.25) is 0 Å². The summed E-state index contributed by atoms with van der Waals surface area (Å²) >= 11 is 0. The van der Waals surface area contributed by atoms with Crippen molar-refractivity contribution in [3.63, 3.8) is 0 Å². The maximum atomic E-state index is 12.6. The third kappa shape index (κ3) is 5.00. The number of hydrogen-bond donors (Lipinski definition) is 5. The van der Waals surface area contributed by atoms with E-state index in [1.807, 2.05) is 13.0 Å². The molecule has 0 unspecified atom stereocenters. The molecule has 0 aliphatic heterocycles. The van der Waals surface area contributed by atoms with Crippen molar-refractivity contribution in [3.05, 3.63) is 47.0 Å². The van der Waals surface area contributed by atoms with E-state index in [0.29, 0.717) is 25.7 Å². The molecule has 1 amide bonds. The van der Waals surface area contributed by atoms with Crippen LogP contribution in [-0.2, 0) is 21.0 Å². The SMILES string of the molecule is C[C@]12CC/C(=N\OCC(=O)NCc3ccc(C(=O)O)cc3)C=C1CC[C@@H]1[C@@H]2[C@H](O)C[C@@]2(C)[C@H]1CC[C@]2(O)C(=O)CO. The quantitative estimate of drug-likeness (QED) is 0.299. The van der Waals surface area contributed by atoms with Gasteiger partial charge in [0.2, 0.25) is 0 Å². The molecular weight excluding hydrogens is 528 g/mol. The number of ketones is 1. The fraction of sp³-hybridized carbons (Fsp3) is 0.613. The van der Waals surface area contributed by atoms with Crippen LogP contribution in [0.3, 0.4) is 0 Å². The number of rotatable bonds is 8. The summed E-state index contributed by atoms with van der Waals surface area (Å²) in [5.74, 6) is -1.61. The lowest BCUT2D eigenvalue weighted by molar-refractivity contribution is -0.181. The number of carbonyl (C=O) groups is 3. The number of fused-ring (bicyclic) bond motifs is 5. The van der Waals surface area contributed by atoms with Gasteiger partial charge >= 0.3 is 5.97 Å². The Bertz CT molecular complexity index is 1280. The summed E-state index contributed by atoms with van der Waals surface area (Å²) in [6.07, 6.45) is 5.81. The van der Waals surface area contributed by atoms with E-state index in [-0.39, 0.29) is 47.8 Å². The van der Waals surface area contributed by atoms with Gasteiger partial charge in [-0.1, -0.05) is 36.7 Å². The van der Waals surface area contributed by atoms with Gasteiger partial charge in [0.1, 0.15) is 12.2 Å².